The van der Waals surface area contributed by atoms with Gasteiger partial charge in [0.1, 0.15) is 12.1 Å². The first kappa shape index (κ1) is 18.2. The van der Waals surface area contributed by atoms with Crippen LogP contribution in [0.2, 0.25) is 0 Å². The van der Waals surface area contributed by atoms with Crippen LogP contribution in [0.3, 0.4) is 0 Å². The fraction of sp³-hybridized carbons (Fsp3) is 0.333. The van der Waals surface area contributed by atoms with Crippen molar-refractivity contribution in [1.82, 2.24) is 15.1 Å². The third kappa shape index (κ3) is 3.72. The van der Waals surface area contributed by atoms with E-state index in [0.717, 1.165) is 65.8 Å². The number of thioether (sulfide) groups is 1. The molecule has 1 saturated heterocycles. The molecule has 2 aliphatic rings. The number of rotatable bonds is 4. The molecule has 4 heterocycles. The van der Waals surface area contributed by atoms with Gasteiger partial charge >= 0.3 is 0 Å². The van der Waals surface area contributed by atoms with E-state index in [-0.39, 0.29) is 11.8 Å². The number of carbonyl (C=O) groups excluding carboxylic acids is 1. The highest BCUT2D eigenvalue weighted by Crippen LogP contribution is 2.35. The van der Waals surface area contributed by atoms with Crippen LogP contribution in [0.15, 0.2) is 47.2 Å². The Morgan fingerprint density at radius 2 is 1.97 bits per heavy atom. The van der Waals surface area contributed by atoms with Gasteiger partial charge in [0.2, 0.25) is 11.8 Å². The van der Waals surface area contributed by atoms with Crippen LogP contribution in [0.25, 0.3) is 11.3 Å². The molecule has 3 aromatic rings. The molecule has 29 heavy (non-hydrogen) atoms. The summed E-state index contributed by atoms with van der Waals surface area (Å²) in [6, 6.07) is 12.1. The predicted molar refractivity (Wildman–Crippen MR) is 113 cm³/mol. The molecule has 0 unspecified atom stereocenters. The summed E-state index contributed by atoms with van der Waals surface area (Å²) in [7, 11) is 0. The zero-order chi connectivity index (χ0) is 19.6. The fourth-order valence-corrected chi connectivity index (χ4v) is 4.85. The van der Waals surface area contributed by atoms with Crippen molar-refractivity contribution >= 4 is 29.4 Å². The summed E-state index contributed by atoms with van der Waals surface area (Å²) in [5, 5.41) is 7.00. The minimum atomic E-state index is -0.0310. The summed E-state index contributed by atoms with van der Waals surface area (Å²) in [6.45, 7) is 1.57. The highest BCUT2D eigenvalue weighted by atomic mass is 32.2. The Balaban J connectivity index is 1.22. The third-order valence-corrected chi connectivity index (χ3v) is 6.47. The van der Waals surface area contributed by atoms with Gasteiger partial charge in [-0.25, -0.2) is 9.97 Å². The van der Waals surface area contributed by atoms with Crippen LogP contribution in [0, 0.1) is 5.92 Å². The van der Waals surface area contributed by atoms with Gasteiger partial charge in [-0.05, 0) is 12.8 Å². The number of amides is 1. The third-order valence-electron chi connectivity index (χ3n) is 5.50. The Morgan fingerprint density at radius 3 is 2.79 bits per heavy atom. The van der Waals surface area contributed by atoms with Crippen LogP contribution in [0.4, 0.5) is 11.7 Å². The van der Waals surface area contributed by atoms with E-state index in [1.807, 2.05) is 36.4 Å². The number of piperidine rings is 1. The highest BCUT2D eigenvalue weighted by Gasteiger charge is 2.29. The normalized spacial score (nSPS) is 16.6. The Labute approximate surface area is 172 Å². The van der Waals surface area contributed by atoms with Crippen molar-refractivity contribution in [3.05, 3.63) is 54.0 Å². The maximum absolute atomic E-state index is 12.7. The van der Waals surface area contributed by atoms with E-state index in [2.05, 4.69) is 25.3 Å². The number of nitrogens with one attached hydrogen (secondary N) is 1. The molecule has 2 aromatic heterocycles. The molecule has 1 N–H and O–H groups in total. The van der Waals surface area contributed by atoms with Crippen LogP contribution in [0.5, 0.6) is 0 Å². The van der Waals surface area contributed by atoms with Crippen molar-refractivity contribution in [3.8, 4) is 11.3 Å². The largest absolute Gasteiger partial charge is 0.356 e. The number of fused-ring (bicyclic) bond motifs is 1. The van der Waals surface area contributed by atoms with Crippen LogP contribution < -0.4 is 10.2 Å². The van der Waals surface area contributed by atoms with E-state index in [4.69, 9.17) is 4.52 Å². The molecule has 0 saturated carbocycles. The van der Waals surface area contributed by atoms with Crippen LogP contribution in [-0.2, 0) is 16.3 Å². The average Bonchev–Trinajstić information content (AvgIpc) is 3.40. The smallest absolute Gasteiger partial charge is 0.235 e. The minimum Gasteiger partial charge on any atom is -0.356 e. The van der Waals surface area contributed by atoms with E-state index < -0.39 is 0 Å². The summed E-state index contributed by atoms with van der Waals surface area (Å²) < 4.78 is 5.32. The molecule has 0 atom stereocenters. The maximum Gasteiger partial charge on any atom is 0.235 e. The minimum absolute atomic E-state index is 0.0214. The number of hydrogen-bond acceptors (Lipinski definition) is 7. The zero-order valence-corrected chi connectivity index (χ0v) is 16.7. The molecule has 1 amide bonds. The van der Waals surface area contributed by atoms with Crippen LogP contribution >= 0.6 is 11.8 Å². The van der Waals surface area contributed by atoms with Crippen LogP contribution in [-0.4, -0.2) is 34.1 Å². The van der Waals surface area contributed by atoms with Gasteiger partial charge in [0, 0.05) is 42.1 Å². The molecule has 0 bridgehead atoms. The number of benzene rings is 1. The maximum atomic E-state index is 12.7. The Bertz CT molecular complexity index is 1010. The summed E-state index contributed by atoms with van der Waals surface area (Å²) in [5.74, 6) is 3.13. The van der Waals surface area contributed by atoms with Gasteiger partial charge < -0.3 is 9.42 Å². The lowest BCUT2D eigenvalue weighted by Gasteiger charge is -2.32. The van der Waals surface area contributed by atoms with Crippen molar-refractivity contribution in [2.75, 3.05) is 23.3 Å². The van der Waals surface area contributed by atoms with E-state index in [0.29, 0.717) is 5.88 Å². The molecule has 148 valence electrons. The van der Waals surface area contributed by atoms with Crippen molar-refractivity contribution < 1.29 is 9.32 Å². The second-order valence-corrected chi connectivity index (χ2v) is 8.29. The first-order valence-corrected chi connectivity index (χ1v) is 10.9. The van der Waals surface area contributed by atoms with Gasteiger partial charge in [-0.1, -0.05) is 35.5 Å². The molecule has 7 nitrogen and oxygen atoms in total. The Kier molecular flexibility index (Phi) is 4.93. The number of carbonyl (C=O) groups is 1. The summed E-state index contributed by atoms with van der Waals surface area (Å²) in [5.41, 5.74) is 3.98. The number of hydrogen-bond donors (Lipinski definition) is 1. The molecule has 5 rings (SSSR count). The van der Waals surface area contributed by atoms with Crippen molar-refractivity contribution in [3.63, 3.8) is 0 Å². The van der Waals surface area contributed by atoms with E-state index in [1.54, 1.807) is 18.1 Å². The molecule has 0 spiro atoms. The monoisotopic (exact) mass is 407 g/mol. The Morgan fingerprint density at radius 1 is 1.14 bits per heavy atom. The molecule has 0 radical (unpaired) electrons. The quantitative estimate of drug-likeness (QED) is 0.705. The lowest BCUT2D eigenvalue weighted by molar-refractivity contribution is -0.120. The van der Waals surface area contributed by atoms with Gasteiger partial charge in [-0.15, -0.1) is 0 Å². The zero-order valence-electron chi connectivity index (χ0n) is 15.9. The molecular weight excluding hydrogens is 386 g/mol. The number of nitrogens with zero attached hydrogens (tertiary/aromatic N) is 4. The van der Waals surface area contributed by atoms with E-state index >= 15 is 0 Å². The standard InChI is InChI=1S/C21H21N5O2S/c27-20(24-21-16-11-29-12-18(16)25-28-21)15-6-8-26(9-7-15)19-10-17(22-13-23-19)14-4-2-1-3-5-14/h1-5,10,13,15H,6-9,11-12H2,(H,24,27). The van der Waals surface area contributed by atoms with Gasteiger partial charge in [0.05, 0.1) is 17.0 Å². The van der Waals surface area contributed by atoms with Crippen molar-refractivity contribution in [1.29, 1.82) is 0 Å². The molecule has 1 aromatic carbocycles. The van der Waals surface area contributed by atoms with Gasteiger partial charge in [-0.2, -0.15) is 11.8 Å². The summed E-state index contributed by atoms with van der Waals surface area (Å²) in [4.78, 5) is 23.8. The van der Waals surface area contributed by atoms with Gasteiger partial charge in [-0.3, -0.25) is 10.1 Å². The molecule has 1 fully saturated rings. The lowest BCUT2D eigenvalue weighted by Crippen LogP contribution is -2.38. The number of anilines is 2. The Hall–Kier alpha value is -2.87. The topological polar surface area (TPSA) is 84.2 Å². The molecule has 8 heteroatoms. The van der Waals surface area contributed by atoms with Crippen molar-refractivity contribution in [2.24, 2.45) is 5.92 Å². The highest BCUT2D eigenvalue weighted by molar-refractivity contribution is 7.98. The van der Waals surface area contributed by atoms with E-state index in [9.17, 15) is 4.79 Å². The van der Waals surface area contributed by atoms with Crippen molar-refractivity contribution in [2.45, 2.75) is 24.3 Å². The first-order chi connectivity index (χ1) is 14.3. The number of aromatic nitrogens is 3. The van der Waals surface area contributed by atoms with Crippen LogP contribution in [0.1, 0.15) is 24.1 Å². The fourth-order valence-electron chi connectivity index (χ4n) is 3.82. The molecule has 2 aliphatic heterocycles. The molecular formula is C21H21N5O2S. The predicted octanol–water partition coefficient (Wildman–Crippen LogP) is 3.73. The summed E-state index contributed by atoms with van der Waals surface area (Å²) >= 11 is 1.79. The van der Waals surface area contributed by atoms with E-state index in [1.165, 1.54) is 0 Å². The molecule has 0 aliphatic carbocycles. The van der Waals surface area contributed by atoms with Gasteiger partial charge in [0.15, 0.2) is 0 Å². The van der Waals surface area contributed by atoms with Gasteiger partial charge in [0.25, 0.3) is 0 Å². The summed E-state index contributed by atoms with van der Waals surface area (Å²) in [6.07, 6.45) is 3.17. The second kappa shape index (κ2) is 7.87. The SMILES string of the molecule is O=C(Nc1onc2c1CSC2)C1CCN(c2cc(-c3ccccc3)ncn2)CC1. The first-order valence-electron chi connectivity index (χ1n) is 9.76. The lowest BCUT2D eigenvalue weighted by atomic mass is 9.96. The average molecular weight is 407 g/mol. The second-order valence-electron chi connectivity index (χ2n) is 7.31.